The van der Waals surface area contributed by atoms with Crippen molar-refractivity contribution in [3.05, 3.63) is 11.6 Å². The second-order valence-electron chi connectivity index (χ2n) is 4.07. The second kappa shape index (κ2) is 1.66. The molecule has 0 nitrogen and oxygen atoms in total. The molecule has 0 aromatic rings. The Hall–Kier alpha value is -0.260. The van der Waals surface area contributed by atoms with Crippen molar-refractivity contribution in [1.29, 1.82) is 0 Å². The first-order chi connectivity index (χ1) is 4.95. The molecule has 3 aliphatic carbocycles. The lowest BCUT2D eigenvalue weighted by atomic mass is 9.86. The fourth-order valence-corrected chi connectivity index (χ4v) is 3.26. The van der Waals surface area contributed by atoms with E-state index in [-0.39, 0.29) is 0 Å². The first-order valence-electron chi connectivity index (χ1n) is 4.55. The SMILES string of the molecule is [C]1=C2CC(C1)C1CCCC21. The molecule has 0 amide bonds. The summed E-state index contributed by atoms with van der Waals surface area (Å²) in [5.41, 5.74) is 1.72. The van der Waals surface area contributed by atoms with E-state index >= 15 is 0 Å². The first kappa shape index (κ1) is 5.40. The van der Waals surface area contributed by atoms with Crippen molar-refractivity contribution in [2.45, 2.75) is 32.1 Å². The van der Waals surface area contributed by atoms with Gasteiger partial charge in [-0.15, -0.1) is 0 Å². The summed E-state index contributed by atoms with van der Waals surface area (Å²) in [6, 6.07) is 0. The van der Waals surface area contributed by atoms with Gasteiger partial charge in [-0.25, -0.2) is 0 Å². The average molecular weight is 133 g/mol. The van der Waals surface area contributed by atoms with Crippen LogP contribution in [0, 0.1) is 23.8 Å². The summed E-state index contributed by atoms with van der Waals surface area (Å²) in [6.45, 7) is 0. The summed E-state index contributed by atoms with van der Waals surface area (Å²) in [5.74, 6) is 3.16. The van der Waals surface area contributed by atoms with Crippen LogP contribution in [0.3, 0.4) is 0 Å². The van der Waals surface area contributed by atoms with Gasteiger partial charge in [-0.1, -0.05) is 12.0 Å². The molecule has 2 fully saturated rings. The van der Waals surface area contributed by atoms with Crippen LogP contribution in [-0.2, 0) is 0 Å². The molecule has 2 saturated carbocycles. The average Bonchev–Trinajstić information content (AvgIpc) is 2.60. The molecule has 3 aliphatic rings. The number of hydrogen-bond donors (Lipinski definition) is 0. The van der Waals surface area contributed by atoms with Crippen LogP contribution >= 0.6 is 0 Å². The van der Waals surface area contributed by atoms with Crippen molar-refractivity contribution >= 4 is 0 Å². The summed E-state index contributed by atoms with van der Waals surface area (Å²) >= 11 is 0. The van der Waals surface area contributed by atoms with E-state index in [1.54, 1.807) is 5.57 Å². The van der Waals surface area contributed by atoms with E-state index in [1.807, 2.05) is 0 Å². The van der Waals surface area contributed by atoms with Crippen LogP contribution in [0.25, 0.3) is 0 Å². The van der Waals surface area contributed by atoms with Gasteiger partial charge in [0.1, 0.15) is 0 Å². The van der Waals surface area contributed by atoms with E-state index < -0.39 is 0 Å². The lowest BCUT2D eigenvalue weighted by molar-refractivity contribution is 0.349. The maximum atomic E-state index is 3.54. The lowest BCUT2D eigenvalue weighted by Crippen LogP contribution is -2.11. The predicted octanol–water partition coefficient (Wildman–Crippen LogP) is 2.56. The molecule has 0 aromatic carbocycles. The van der Waals surface area contributed by atoms with Gasteiger partial charge in [-0.2, -0.15) is 0 Å². The molecule has 0 N–H and O–H groups in total. The fraction of sp³-hybridized carbons (Fsp3) is 0.800. The van der Waals surface area contributed by atoms with Crippen LogP contribution in [0.4, 0.5) is 0 Å². The molecule has 1 radical (unpaired) electrons. The zero-order valence-electron chi connectivity index (χ0n) is 6.27. The Balaban J connectivity index is 2.02. The van der Waals surface area contributed by atoms with Crippen LogP contribution in [0.1, 0.15) is 32.1 Å². The van der Waals surface area contributed by atoms with Gasteiger partial charge < -0.3 is 0 Å². The zero-order chi connectivity index (χ0) is 6.55. The highest BCUT2D eigenvalue weighted by Gasteiger charge is 2.44. The molecule has 2 bridgehead atoms. The summed E-state index contributed by atoms with van der Waals surface area (Å²) in [6.07, 6.45) is 10.8. The van der Waals surface area contributed by atoms with Crippen LogP contribution < -0.4 is 0 Å². The summed E-state index contributed by atoms with van der Waals surface area (Å²) in [4.78, 5) is 0. The van der Waals surface area contributed by atoms with Crippen LogP contribution in [-0.4, -0.2) is 0 Å². The predicted molar refractivity (Wildman–Crippen MR) is 40.3 cm³/mol. The molecular weight excluding hydrogens is 120 g/mol. The Morgan fingerprint density at radius 1 is 1.30 bits per heavy atom. The minimum absolute atomic E-state index is 1.01. The quantitative estimate of drug-likeness (QED) is 0.476. The number of allylic oxidation sites excluding steroid dienone is 2. The Labute approximate surface area is 62.3 Å². The Morgan fingerprint density at radius 3 is 3.20 bits per heavy atom. The number of hydrogen-bond acceptors (Lipinski definition) is 0. The highest BCUT2D eigenvalue weighted by Crippen LogP contribution is 2.55. The van der Waals surface area contributed by atoms with Crippen molar-refractivity contribution in [2.75, 3.05) is 0 Å². The smallest absolute Gasteiger partial charge is 0.0166 e. The van der Waals surface area contributed by atoms with Crippen LogP contribution in [0.5, 0.6) is 0 Å². The van der Waals surface area contributed by atoms with Crippen molar-refractivity contribution < 1.29 is 0 Å². The van der Waals surface area contributed by atoms with Gasteiger partial charge in [0.25, 0.3) is 0 Å². The van der Waals surface area contributed by atoms with E-state index in [1.165, 1.54) is 32.1 Å². The maximum Gasteiger partial charge on any atom is -0.0166 e. The third kappa shape index (κ3) is 0.492. The molecule has 0 heteroatoms. The van der Waals surface area contributed by atoms with Crippen LogP contribution in [0.2, 0.25) is 0 Å². The van der Waals surface area contributed by atoms with Gasteiger partial charge in [-0.3, -0.25) is 0 Å². The van der Waals surface area contributed by atoms with E-state index in [2.05, 4.69) is 6.08 Å². The van der Waals surface area contributed by atoms with Crippen molar-refractivity contribution in [1.82, 2.24) is 0 Å². The monoisotopic (exact) mass is 133 g/mol. The highest BCUT2D eigenvalue weighted by molar-refractivity contribution is 5.20. The Kier molecular flexibility index (Phi) is 0.898. The van der Waals surface area contributed by atoms with Gasteiger partial charge in [0.05, 0.1) is 0 Å². The van der Waals surface area contributed by atoms with Crippen molar-refractivity contribution in [3.63, 3.8) is 0 Å². The molecule has 0 spiro atoms. The van der Waals surface area contributed by atoms with Gasteiger partial charge in [0.2, 0.25) is 0 Å². The zero-order valence-corrected chi connectivity index (χ0v) is 6.27. The normalized spacial score (nSPS) is 49.6. The van der Waals surface area contributed by atoms with Gasteiger partial charge in [0, 0.05) is 0 Å². The first-order valence-corrected chi connectivity index (χ1v) is 4.55. The molecule has 10 heavy (non-hydrogen) atoms. The molecule has 0 aromatic heterocycles. The van der Waals surface area contributed by atoms with Gasteiger partial charge in [-0.05, 0) is 49.5 Å². The minimum atomic E-state index is 1.01. The third-order valence-electron chi connectivity index (χ3n) is 3.70. The van der Waals surface area contributed by atoms with E-state index in [9.17, 15) is 0 Å². The Morgan fingerprint density at radius 2 is 2.30 bits per heavy atom. The molecule has 0 heterocycles. The standard InChI is InChI=1S/C10H13/c1-2-9-7-4-5-8(6-7)10(9)3-1/h7,9-10H,1-4,6H2. The fourth-order valence-electron chi connectivity index (χ4n) is 3.26. The van der Waals surface area contributed by atoms with E-state index in [0.717, 1.165) is 17.8 Å². The molecular formula is C10H13. The number of fused-ring (bicyclic) bond motifs is 5. The molecule has 3 unspecified atom stereocenters. The highest BCUT2D eigenvalue weighted by atomic mass is 14.5. The minimum Gasteiger partial charge on any atom is -0.0630 e. The summed E-state index contributed by atoms with van der Waals surface area (Å²) in [7, 11) is 0. The van der Waals surface area contributed by atoms with Gasteiger partial charge >= 0.3 is 0 Å². The molecule has 3 rings (SSSR count). The maximum absolute atomic E-state index is 3.54. The second-order valence-corrected chi connectivity index (χ2v) is 4.07. The molecule has 0 aliphatic heterocycles. The van der Waals surface area contributed by atoms with Crippen LogP contribution in [0.15, 0.2) is 5.57 Å². The largest absolute Gasteiger partial charge is 0.0630 e. The topological polar surface area (TPSA) is 0 Å². The lowest BCUT2D eigenvalue weighted by Gasteiger charge is -2.18. The van der Waals surface area contributed by atoms with E-state index in [4.69, 9.17) is 0 Å². The third-order valence-corrected chi connectivity index (χ3v) is 3.70. The molecule has 3 atom stereocenters. The Bertz CT molecular complexity index is 190. The number of rotatable bonds is 0. The van der Waals surface area contributed by atoms with E-state index in [0.29, 0.717) is 0 Å². The molecule has 0 saturated heterocycles. The molecule has 53 valence electrons. The van der Waals surface area contributed by atoms with Crippen molar-refractivity contribution in [3.8, 4) is 0 Å². The van der Waals surface area contributed by atoms with Gasteiger partial charge in [0.15, 0.2) is 0 Å². The summed E-state index contributed by atoms with van der Waals surface area (Å²) < 4.78 is 0. The summed E-state index contributed by atoms with van der Waals surface area (Å²) in [5, 5.41) is 0. The van der Waals surface area contributed by atoms with Crippen molar-refractivity contribution in [2.24, 2.45) is 17.8 Å².